The van der Waals surface area contributed by atoms with E-state index in [4.69, 9.17) is 0 Å². The standard InChI is InChI=1S/C20H19N5O3S/c1-23-17-16(19(27)24(2)20(23)28)25(12-22-17)9-7-15(26)11-13-3-5-14(6-4-13)18-21-8-10-29-18/h3-6,8,10,12H,7,9,11H2,1-2H3. The quantitative estimate of drug-likeness (QED) is 0.484. The van der Waals surface area contributed by atoms with Gasteiger partial charge >= 0.3 is 5.69 Å². The number of aromatic nitrogens is 5. The number of hydrogen-bond donors (Lipinski definition) is 0. The van der Waals surface area contributed by atoms with E-state index < -0.39 is 11.2 Å². The van der Waals surface area contributed by atoms with Crippen molar-refractivity contribution in [2.45, 2.75) is 19.4 Å². The summed E-state index contributed by atoms with van der Waals surface area (Å²) >= 11 is 1.57. The number of carbonyl (C=O) groups excluding carboxylic acids is 1. The minimum atomic E-state index is -0.426. The lowest BCUT2D eigenvalue weighted by Gasteiger charge is -2.07. The highest BCUT2D eigenvalue weighted by Gasteiger charge is 2.15. The zero-order valence-electron chi connectivity index (χ0n) is 16.0. The minimum absolute atomic E-state index is 0.0653. The van der Waals surface area contributed by atoms with Crippen molar-refractivity contribution >= 4 is 28.3 Å². The first-order chi connectivity index (χ1) is 14.0. The average Bonchev–Trinajstić information content (AvgIpc) is 3.40. The Morgan fingerprint density at radius 3 is 2.52 bits per heavy atom. The minimum Gasteiger partial charge on any atom is -0.324 e. The number of ketones is 1. The Kier molecular flexibility index (Phi) is 4.98. The molecule has 0 unspecified atom stereocenters. The molecule has 0 saturated heterocycles. The van der Waals surface area contributed by atoms with Crippen LogP contribution in [-0.4, -0.2) is 29.5 Å². The number of rotatable bonds is 6. The lowest BCUT2D eigenvalue weighted by molar-refractivity contribution is -0.118. The number of carbonyl (C=O) groups is 1. The van der Waals surface area contributed by atoms with Gasteiger partial charge in [0.1, 0.15) is 10.8 Å². The highest BCUT2D eigenvalue weighted by atomic mass is 32.1. The molecule has 4 rings (SSSR count). The highest BCUT2D eigenvalue weighted by Crippen LogP contribution is 2.22. The van der Waals surface area contributed by atoms with Crippen LogP contribution in [0.15, 0.2) is 51.8 Å². The molecular formula is C20H19N5O3S. The van der Waals surface area contributed by atoms with Crippen LogP contribution in [0.1, 0.15) is 12.0 Å². The fourth-order valence-corrected chi connectivity index (χ4v) is 3.90. The molecule has 8 nitrogen and oxygen atoms in total. The molecule has 3 heterocycles. The van der Waals surface area contributed by atoms with Gasteiger partial charge in [-0.15, -0.1) is 11.3 Å². The van der Waals surface area contributed by atoms with Gasteiger partial charge in [-0.25, -0.2) is 14.8 Å². The zero-order valence-corrected chi connectivity index (χ0v) is 16.8. The fraction of sp³-hybridized carbons (Fsp3) is 0.250. The van der Waals surface area contributed by atoms with Crippen LogP contribution in [-0.2, 0) is 31.9 Å². The first-order valence-electron chi connectivity index (χ1n) is 9.07. The summed E-state index contributed by atoms with van der Waals surface area (Å²) in [6.07, 6.45) is 3.86. The van der Waals surface area contributed by atoms with Crippen LogP contribution >= 0.6 is 11.3 Å². The third-order valence-corrected chi connectivity index (χ3v) is 5.71. The van der Waals surface area contributed by atoms with E-state index in [0.29, 0.717) is 24.1 Å². The predicted molar refractivity (Wildman–Crippen MR) is 111 cm³/mol. The zero-order chi connectivity index (χ0) is 20.5. The summed E-state index contributed by atoms with van der Waals surface area (Å²) in [6.45, 7) is 0.333. The molecule has 0 fully saturated rings. The largest absolute Gasteiger partial charge is 0.332 e. The van der Waals surface area contributed by atoms with Crippen LogP contribution in [0.25, 0.3) is 21.7 Å². The molecule has 3 aromatic heterocycles. The van der Waals surface area contributed by atoms with Crippen molar-refractivity contribution < 1.29 is 4.79 Å². The van der Waals surface area contributed by atoms with Crippen molar-refractivity contribution in [3.63, 3.8) is 0 Å². The average molecular weight is 409 g/mol. The molecule has 0 N–H and O–H groups in total. The summed E-state index contributed by atoms with van der Waals surface area (Å²) in [5.74, 6) is 0.0653. The second-order valence-electron chi connectivity index (χ2n) is 6.82. The first-order valence-corrected chi connectivity index (χ1v) is 9.95. The number of Topliss-reactive ketones (excluding diaryl/α,β-unsaturated/α-hetero) is 1. The predicted octanol–water partition coefficient (Wildman–Crippen LogP) is 1.76. The third-order valence-electron chi connectivity index (χ3n) is 4.88. The van der Waals surface area contributed by atoms with Gasteiger partial charge in [0.25, 0.3) is 5.56 Å². The first kappa shape index (κ1) is 19.0. The SMILES string of the molecule is Cn1c(=O)c2c(ncn2CCC(=O)Cc2ccc(-c3nccs3)cc2)n(C)c1=O. The maximum atomic E-state index is 12.4. The number of imidazole rings is 1. The summed E-state index contributed by atoms with van der Waals surface area (Å²) in [5, 5.41) is 2.88. The van der Waals surface area contributed by atoms with Crippen molar-refractivity contribution in [1.29, 1.82) is 0 Å². The maximum absolute atomic E-state index is 12.4. The van der Waals surface area contributed by atoms with Crippen molar-refractivity contribution in [2.75, 3.05) is 0 Å². The highest BCUT2D eigenvalue weighted by molar-refractivity contribution is 7.13. The second kappa shape index (κ2) is 7.59. The van der Waals surface area contributed by atoms with Crippen LogP contribution < -0.4 is 11.2 Å². The molecule has 9 heteroatoms. The van der Waals surface area contributed by atoms with E-state index in [1.165, 1.54) is 17.9 Å². The van der Waals surface area contributed by atoms with Crippen LogP contribution in [0.2, 0.25) is 0 Å². The van der Waals surface area contributed by atoms with Crippen molar-refractivity contribution in [3.05, 3.63) is 68.6 Å². The van der Waals surface area contributed by atoms with E-state index in [1.54, 1.807) is 29.1 Å². The van der Waals surface area contributed by atoms with Gasteiger partial charge in [0.2, 0.25) is 0 Å². The van der Waals surface area contributed by atoms with Gasteiger partial charge in [0, 0.05) is 50.6 Å². The fourth-order valence-electron chi connectivity index (χ4n) is 3.26. The maximum Gasteiger partial charge on any atom is 0.332 e. The van der Waals surface area contributed by atoms with Crippen LogP contribution in [0.5, 0.6) is 0 Å². The molecule has 0 aliphatic rings. The smallest absolute Gasteiger partial charge is 0.324 e. The Labute approximate surface area is 169 Å². The van der Waals surface area contributed by atoms with E-state index in [9.17, 15) is 14.4 Å². The number of hydrogen-bond acceptors (Lipinski definition) is 6. The Balaban J connectivity index is 1.46. The number of aryl methyl sites for hydroxylation is 2. The summed E-state index contributed by atoms with van der Waals surface area (Å²) in [7, 11) is 3.00. The van der Waals surface area contributed by atoms with Crippen molar-refractivity contribution in [1.82, 2.24) is 23.7 Å². The van der Waals surface area contributed by atoms with Crippen molar-refractivity contribution in [3.8, 4) is 10.6 Å². The summed E-state index contributed by atoms with van der Waals surface area (Å²) in [4.78, 5) is 45.3. The van der Waals surface area contributed by atoms with Crippen LogP contribution in [0.4, 0.5) is 0 Å². The summed E-state index contributed by atoms with van der Waals surface area (Å²) in [5.41, 5.74) is 1.78. The summed E-state index contributed by atoms with van der Waals surface area (Å²) < 4.78 is 4.02. The lowest BCUT2D eigenvalue weighted by atomic mass is 10.1. The van der Waals surface area contributed by atoms with Gasteiger partial charge in [-0.1, -0.05) is 24.3 Å². The molecule has 0 aliphatic carbocycles. The van der Waals surface area contributed by atoms with E-state index >= 15 is 0 Å². The van der Waals surface area contributed by atoms with Gasteiger partial charge in [-0.3, -0.25) is 18.7 Å². The van der Waals surface area contributed by atoms with Gasteiger partial charge in [-0.05, 0) is 5.56 Å². The monoisotopic (exact) mass is 409 g/mol. The van der Waals surface area contributed by atoms with Gasteiger partial charge in [-0.2, -0.15) is 0 Å². The normalized spacial score (nSPS) is 11.2. The molecular weight excluding hydrogens is 390 g/mol. The van der Waals surface area contributed by atoms with E-state index in [1.807, 2.05) is 29.6 Å². The van der Waals surface area contributed by atoms with E-state index in [0.717, 1.165) is 20.7 Å². The number of thiazole rings is 1. The lowest BCUT2D eigenvalue weighted by Crippen LogP contribution is -2.37. The summed E-state index contributed by atoms with van der Waals surface area (Å²) in [6, 6.07) is 7.81. The number of fused-ring (bicyclic) bond motifs is 1. The molecule has 0 aliphatic heterocycles. The van der Waals surface area contributed by atoms with Crippen LogP contribution in [0.3, 0.4) is 0 Å². The van der Waals surface area contributed by atoms with E-state index in [-0.39, 0.29) is 12.2 Å². The molecule has 4 aromatic rings. The molecule has 0 radical (unpaired) electrons. The van der Waals surface area contributed by atoms with Gasteiger partial charge in [0.15, 0.2) is 11.2 Å². The number of nitrogens with zero attached hydrogens (tertiary/aromatic N) is 5. The Morgan fingerprint density at radius 1 is 1.07 bits per heavy atom. The molecule has 1 aromatic carbocycles. The molecule has 148 valence electrons. The van der Waals surface area contributed by atoms with E-state index in [2.05, 4.69) is 9.97 Å². The van der Waals surface area contributed by atoms with Crippen molar-refractivity contribution in [2.24, 2.45) is 14.1 Å². The molecule has 0 saturated carbocycles. The molecule has 0 bridgehead atoms. The molecule has 0 atom stereocenters. The number of benzene rings is 1. The molecule has 0 amide bonds. The molecule has 29 heavy (non-hydrogen) atoms. The van der Waals surface area contributed by atoms with Crippen LogP contribution in [0, 0.1) is 0 Å². The topological polar surface area (TPSA) is 91.8 Å². The Bertz CT molecular complexity index is 1300. The van der Waals surface area contributed by atoms with Gasteiger partial charge in [0.05, 0.1) is 6.33 Å². The third kappa shape index (κ3) is 3.56. The second-order valence-corrected chi connectivity index (χ2v) is 7.71. The molecule has 0 spiro atoms. The Hall–Kier alpha value is -3.33. The van der Waals surface area contributed by atoms with Gasteiger partial charge < -0.3 is 4.57 Å². The Morgan fingerprint density at radius 2 is 1.83 bits per heavy atom.